The van der Waals surface area contributed by atoms with Gasteiger partial charge in [0.2, 0.25) is 10.0 Å². The Kier molecular flexibility index (Phi) is 7.99. The quantitative estimate of drug-likeness (QED) is 0.502. The van der Waals surface area contributed by atoms with E-state index in [0.29, 0.717) is 24.2 Å². The lowest BCUT2D eigenvalue weighted by Crippen LogP contribution is -2.50. The van der Waals surface area contributed by atoms with Crippen molar-refractivity contribution in [1.29, 1.82) is 0 Å². The number of piperidine rings is 1. The zero-order valence-corrected chi connectivity index (χ0v) is 21.6. The van der Waals surface area contributed by atoms with Crippen LogP contribution in [0.25, 0.3) is 0 Å². The highest BCUT2D eigenvalue weighted by Crippen LogP contribution is 2.47. The van der Waals surface area contributed by atoms with E-state index in [9.17, 15) is 31.5 Å². The van der Waals surface area contributed by atoms with Gasteiger partial charge in [-0.25, -0.2) is 13.2 Å². The molecule has 1 amide bonds. The molecule has 1 saturated carbocycles. The van der Waals surface area contributed by atoms with Gasteiger partial charge in [-0.1, -0.05) is 12.1 Å². The predicted molar refractivity (Wildman–Crippen MR) is 127 cm³/mol. The average molecular weight is 551 g/mol. The summed E-state index contributed by atoms with van der Waals surface area (Å²) >= 11 is 0. The number of likely N-dealkylation sites (tertiary alicyclic amines) is 1. The number of rotatable bonds is 9. The lowest BCUT2D eigenvalue weighted by molar-refractivity contribution is -0.231. The van der Waals surface area contributed by atoms with Crippen molar-refractivity contribution in [3.8, 4) is 5.75 Å². The molecular formula is C24H33F3N2O7S. The van der Waals surface area contributed by atoms with Crippen molar-refractivity contribution in [2.24, 2.45) is 5.92 Å². The summed E-state index contributed by atoms with van der Waals surface area (Å²) in [5.41, 5.74) is -0.370. The molecule has 1 spiro atoms. The first kappa shape index (κ1) is 27.9. The molecule has 3 atom stereocenters. The van der Waals surface area contributed by atoms with Crippen LogP contribution in [0.2, 0.25) is 0 Å². The lowest BCUT2D eigenvalue weighted by Gasteiger charge is -2.38. The summed E-state index contributed by atoms with van der Waals surface area (Å²) in [7, 11) is -0.947. The number of halogens is 3. The van der Waals surface area contributed by atoms with Crippen LogP contribution in [0, 0.1) is 5.92 Å². The monoisotopic (exact) mass is 550 g/mol. The van der Waals surface area contributed by atoms with Crippen LogP contribution in [0.15, 0.2) is 24.3 Å². The van der Waals surface area contributed by atoms with Crippen molar-refractivity contribution in [3.63, 3.8) is 0 Å². The second-order valence-electron chi connectivity index (χ2n) is 10.1. The third kappa shape index (κ3) is 6.15. The van der Waals surface area contributed by atoms with Crippen LogP contribution in [0.1, 0.15) is 37.7 Å². The number of sulfonamides is 1. The minimum absolute atomic E-state index is 0.0666. The number of carbonyl (C=O) groups is 1. The van der Waals surface area contributed by atoms with Crippen LogP contribution >= 0.6 is 0 Å². The highest BCUT2D eigenvalue weighted by Gasteiger charge is 2.59. The molecule has 208 valence electrons. The number of likely N-dealkylation sites (N-methyl/N-ethyl adjacent to an activating group) is 1. The number of hydrogen-bond donors (Lipinski definition) is 1. The van der Waals surface area contributed by atoms with Gasteiger partial charge >= 0.3 is 12.3 Å². The molecule has 4 rings (SSSR count). The minimum Gasteiger partial charge on any atom is -0.497 e. The molecule has 0 bridgehead atoms. The molecule has 0 radical (unpaired) electrons. The van der Waals surface area contributed by atoms with Gasteiger partial charge in [0.25, 0.3) is 0 Å². The Balaban J connectivity index is 1.55. The fourth-order valence-electron chi connectivity index (χ4n) is 5.22. The number of alkyl halides is 3. The van der Waals surface area contributed by atoms with Gasteiger partial charge in [-0.3, -0.25) is 0 Å². The predicted octanol–water partition coefficient (Wildman–Crippen LogP) is 3.48. The van der Waals surface area contributed by atoms with Crippen molar-refractivity contribution in [2.75, 3.05) is 33.9 Å². The van der Waals surface area contributed by atoms with Crippen LogP contribution in [0.4, 0.5) is 18.0 Å². The van der Waals surface area contributed by atoms with Gasteiger partial charge in [0.05, 0.1) is 43.3 Å². The van der Waals surface area contributed by atoms with E-state index in [2.05, 4.69) is 0 Å². The van der Waals surface area contributed by atoms with Gasteiger partial charge in [-0.15, -0.1) is 0 Å². The molecule has 1 unspecified atom stereocenters. The topological polar surface area (TPSA) is 106 Å². The van der Waals surface area contributed by atoms with Crippen molar-refractivity contribution in [2.45, 2.75) is 67.9 Å². The maximum atomic E-state index is 14.4. The van der Waals surface area contributed by atoms with E-state index < -0.39 is 57.8 Å². The summed E-state index contributed by atoms with van der Waals surface area (Å²) in [5, 5.41) is 8.69. The summed E-state index contributed by atoms with van der Waals surface area (Å²) < 4.78 is 87.0. The number of carboxylic acid groups (broad SMARTS) is 1. The van der Waals surface area contributed by atoms with Gasteiger partial charge < -0.3 is 24.2 Å². The van der Waals surface area contributed by atoms with Crippen molar-refractivity contribution in [1.82, 2.24) is 9.21 Å². The molecular weight excluding hydrogens is 517 g/mol. The second kappa shape index (κ2) is 10.6. The molecule has 9 nitrogen and oxygen atoms in total. The average Bonchev–Trinajstić information content (AvgIpc) is 3.65. The molecule has 2 heterocycles. The number of benzene rings is 1. The largest absolute Gasteiger partial charge is 0.497 e. The number of amides is 1. The summed E-state index contributed by atoms with van der Waals surface area (Å²) in [6, 6.07) is 5.70. The molecule has 1 N–H and O–H groups in total. The normalized spacial score (nSPS) is 25.0. The molecule has 2 saturated heterocycles. The molecule has 3 aliphatic rings. The molecule has 2 aliphatic heterocycles. The van der Waals surface area contributed by atoms with E-state index in [-0.39, 0.29) is 39.0 Å². The Morgan fingerprint density at radius 3 is 2.38 bits per heavy atom. The standard InChI is InChI=1S/C24H33F3N2O7S/c1-28(37(32,33)18-7-8-18)20-13-23(9-11-29(12-10-23)22(30)31)36-21(20)19(24(25,26)27)15-35-14-16-3-5-17(34-2)6-4-16/h3-6,18-21H,7-15H2,1-2H3,(H,30,31)/t19?,20-,21-/m1/s1. The maximum Gasteiger partial charge on any atom is 0.407 e. The van der Waals surface area contributed by atoms with Gasteiger partial charge in [0.15, 0.2) is 0 Å². The lowest BCUT2D eigenvalue weighted by atomic mass is 9.86. The fraction of sp³-hybridized carbons (Fsp3) is 0.708. The van der Waals surface area contributed by atoms with Crippen LogP contribution in [-0.2, 0) is 26.1 Å². The fourth-order valence-corrected chi connectivity index (χ4v) is 6.99. The summed E-state index contributed by atoms with van der Waals surface area (Å²) in [6.07, 6.45) is -5.87. The smallest absolute Gasteiger partial charge is 0.407 e. The van der Waals surface area contributed by atoms with E-state index in [1.807, 2.05) is 0 Å². The zero-order chi connectivity index (χ0) is 27.0. The molecule has 37 heavy (non-hydrogen) atoms. The van der Waals surface area contributed by atoms with Gasteiger partial charge in [0.1, 0.15) is 11.7 Å². The van der Waals surface area contributed by atoms with E-state index in [1.54, 1.807) is 24.3 Å². The van der Waals surface area contributed by atoms with Crippen LogP contribution in [-0.4, -0.2) is 91.8 Å². The van der Waals surface area contributed by atoms with E-state index in [4.69, 9.17) is 14.2 Å². The minimum atomic E-state index is -4.71. The number of ether oxygens (including phenoxy) is 3. The Morgan fingerprint density at radius 2 is 1.86 bits per heavy atom. The van der Waals surface area contributed by atoms with E-state index >= 15 is 0 Å². The molecule has 1 aromatic rings. The van der Waals surface area contributed by atoms with Crippen LogP contribution in [0.3, 0.4) is 0 Å². The zero-order valence-electron chi connectivity index (χ0n) is 20.8. The molecule has 1 aliphatic carbocycles. The second-order valence-corrected chi connectivity index (χ2v) is 12.4. The molecule has 13 heteroatoms. The first-order valence-corrected chi connectivity index (χ1v) is 13.8. The highest BCUT2D eigenvalue weighted by atomic mass is 32.2. The first-order chi connectivity index (χ1) is 17.4. The van der Waals surface area contributed by atoms with Crippen molar-refractivity contribution in [3.05, 3.63) is 29.8 Å². The Morgan fingerprint density at radius 1 is 1.24 bits per heavy atom. The Bertz CT molecular complexity index is 1060. The van der Waals surface area contributed by atoms with Crippen molar-refractivity contribution >= 4 is 16.1 Å². The summed E-state index contributed by atoms with van der Waals surface area (Å²) in [6.45, 7) is -0.550. The highest BCUT2D eigenvalue weighted by molar-refractivity contribution is 7.90. The number of nitrogens with zero attached hydrogens (tertiary/aromatic N) is 2. The summed E-state index contributed by atoms with van der Waals surface area (Å²) in [4.78, 5) is 12.5. The first-order valence-electron chi connectivity index (χ1n) is 12.3. The molecule has 1 aromatic carbocycles. The third-order valence-electron chi connectivity index (χ3n) is 7.65. The van der Waals surface area contributed by atoms with Gasteiger partial charge in [-0.05, 0) is 49.8 Å². The van der Waals surface area contributed by atoms with E-state index in [0.717, 1.165) is 4.31 Å². The van der Waals surface area contributed by atoms with Crippen molar-refractivity contribution < 1.29 is 45.7 Å². The third-order valence-corrected chi connectivity index (χ3v) is 10.0. The Labute approximate surface area is 214 Å². The van der Waals surface area contributed by atoms with Gasteiger partial charge in [0, 0.05) is 20.1 Å². The number of hydrogen-bond acceptors (Lipinski definition) is 6. The van der Waals surface area contributed by atoms with Gasteiger partial charge in [-0.2, -0.15) is 17.5 Å². The Hall–Kier alpha value is -2.09. The number of methoxy groups -OCH3 is 1. The van der Waals surface area contributed by atoms with E-state index in [1.165, 1.54) is 19.1 Å². The molecule has 3 fully saturated rings. The molecule has 0 aromatic heterocycles. The van der Waals surface area contributed by atoms with Crippen LogP contribution < -0.4 is 4.74 Å². The summed E-state index contributed by atoms with van der Waals surface area (Å²) in [5.74, 6) is -1.46. The maximum absolute atomic E-state index is 14.4. The van der Waals surface area contributed by atoms with Crippen LogP contribution in [0.5, 0.6) is 5.75 Å². The SMILES string of the molecule is COc1ccc(COCC([C@H]2OC3(CCN(C(=O)O)CC3)C[C@H]2N(C)S(=O)(=O)C2CC2)C(F)(F)F)cc1.